The summed E-state index contributed by atoms with van der Waals surface area (Å²) in [5, 5.41) is 20.5. The van der Waals surface area contributed by atoms with Crippen molar-refractivity contribution in [2.24, 2.45) is 0 Å². The van der Waals surface area contributed by atoms with Gasteiger partial charge in [0.05, 0.1) is 9.85 Å². The van der Waals surface area contributed by atoms with Gasteiger partial charge in [0, 0.05) is 23.3 Å². The molecule has 0 spiro atoms. The summed E-state index contributed by atoms with van der Waals surface area (Å²) in [6.07, 6.45) is 0. The van der Waals surface area contributed by atoms with Crippen LogP contribution in [-0.4, -0.2) is 15.6 Å². The van der Waals surface area contributed by atoms with Crippen LogP contribution in [0.1, 0.15) is 15.9 Å². The summed E-state index contributed by atoms with van der Waals surface area (Å²) >= 11 is 0. The van der Waals surface area contributed by atoms with E-state index in [1.165, 1.54) is 12.1 Å². The molecule has 7 heteroatoms. The number of carbonyl (C=O) groups excluding carboxylic acids is 1. The lowest BCUT2D eigenvalue weighted by Gasteiger charge is -1.99. The molecular weight excluding hydrogens is 336 g/mol. The third kappa shape index (κ3) is 4.81. The molecule has 130 valence electrons. The van der Waals surface area contributed by atoms with Crippen LogP contribution in [0.5, 0.6) is 0 Å². The van der Waals surface area contributed by atoms with Gasteiger partial charge in [-0.2, -0.15) is 0 Å². The van der Waals surface area contributed by atoms with Gasteiger partial charge in [0.15, 0.2) is 5.78 Å². The average Bonchev–Trinajstić information content (AvgIpc) is 2.69. The van der Waals surface area contributed by atoms with Gasteiger partial charge in [0.1, 0.15) is 0 Å². The Morgan fingerprint density at radius 2 is 0.885 bits per heavy atom. The Kier molecular flexibility index (Phi) is 6.28. The Labute approximate surface area is 148 Å². The van der Waals surface area contributed by atoms with E-state index in [0.29, 0.717) is 0 Å². The predicted octanol–water partition coefficient (Wildman–Crippen LogP) is 4.42. The predicted molar refractivity (Wildman–Crippen MR) is 96.1 cm³/mol. The molecule has 0 radical (unpaired) electrons. The zero-order valence-electron chi connectivity index (χ0n) is 13.5. The molecule has 0 aliphatic rings. The molecule has 0 bridgehead atoms. The molecule has 26 heavy (non-hydrogen) atoms. The smallest absolute Gasteiger partial charge is 0.289 e. The third-order valence-electron chi connectivity index (χ3n) is 3.35. The van der Waals surface area contributed by atoms with E-state index in [-0.39, 0.29) is 5.78 Å². The summed E-state index contributed by atoms with van der Waals surface area (Å²) in [5.41, 5.74) is 0.502. The van der Waals surface area contributed by atoms with E-state index >= 15 is 0 Å². The number of hydrogen-bond acceptors (Lipinski definition) is 5. The van der Waals surface area contributed by atoms with E-state index in [2.05, 4.69) is 0 Å². The van der Waals surface area contributed by atoms with Crippen molar-refractivity contribution in [1.29, 1.82) is 0 Å². The second-order valence-corrected chi connectivity index (χ2v) is 5.06. The summed E-state index contributed by atoms with van der Waals surface area (Å²) in [4.78, 5) is 30.7. The fourth-order valence-electron chi connectivity index (χ4n) is 2.12. The zero-order valence-corrected chi connectivity index (χ0v) is 13.5. The van der Waals surface area contributed by atoms with E-state index in [9.17, 15) is 25.0 Å². The molecular formula is C19H14N2O5. The van der Waals surface area contributed by atoms with Gasteiger partial charge in [0.2, 0.25) is 0 Å². The maximum absolute atomic E-state index is 11.8. The third-order valence-corrected chi connectivity index (χ3v) is 3.35. The number of benzene rings is 3. The normalized spacial score (nSPS) is 9.54. The van der Waals surface area contributed by atoms with Crippen molar-refractivity contribution in [2.45, 2.75) is 0 Å². The summed E-state index contributed by atoms with van der Waals surface area (Å²) in [5.74, 6) is 0.0752. The topological polar surface area (TPSA) is 103 Å². The maximum atomic E-state index is 11.8. The lowest BCUT2D eigenvalue weighted by atomic mass is 10.0. The summed E-state index contributed by atoms with van der Waals surface area (Å²) in [6.45, 7) is 0. The Morgan fingerprint density at radius 3 is 1.19 bits per heavy atom. The SMILES string of the molecule is O=C(c1ccccc1)c1ccccc1.O=[N+]([O-])c1ccccc1[N+](=O)[O-]. The average molecular weight is 350 g/mol. The van der Waals surface area contributed by atoms with Crippen LogP contribution in [0.15, 0.2) is 84.9 Å². The van der Waals surface area contributed by atoms with Gasteiger partial charge in [-0.1, -0.05) is 72.8 Å². The zero-order chi connectivity index (χ0) is 18.9. The second-order valence-electron chi connectivity index (χ2n) is 5.06. The van der Waals surface area contributed by atoms with E-state index in [0.717, 1.165) is 23.3 Å². The fourth-order valence-corrected chi connectivity index (χ4v) is 2.12. The minimum atomic E-state index is -0.780. The van der Waals surface area contributed by atoms with Gasteiger partial charge < -0.3 is 0 Å². The summed E-state index contributed by atoms with van der Waals surface area (Å²) in [7, 11) is 0. The quantitative estimate of drug-likeness (QED) is 0.393. The largest absolute Gasteiger partial charge is 0.346 e. The van der Waals surface area contributed by atoms with Crippen LogP contribution in [-0.2, 0) is 0 Å². The van der Waals surface area contributed by atoms with Crippen molar-refractivity contribution in [1.82, 2.24) is 0 Å². The molecule has 0 aliphatic heterocycles. The van der Waals surface area contributed by atoms with Crippen LogP contribution in [0.4, 0.5) is 11.4 Å². The molecule has 0 aliphatic carbocycles. The number of carbonyl (C=O) groups is 1. The highest BCUT2D eigenvalue weighted by Crippen LogP contribution is 2.24. The number of rotatable bonds is 4. The number of para-hydroxylation sites is 2. The summed E-state index contributed by atoms with van der Waals surface area (Å²) < 4.78 is 0. The molecule has 0 N–H and O–H groups in total. The van der Waals surface area contributed by atoms with Gasteiger partial charge in [-0.05, 0) is 0 Å². The minimum absolute atomic E-state index is 0.0752. The highest BCUT2D eigenvalue weighted by Gasteiger charge is 2.21. The molecule has 0 amide bonds. The number of nitrogens with zero attached hydrogens (tertiary/aromatic N) is 2. The molecule has 0 aromatic heterocycles. The van der Waals surface area contributed by atoms with Crippen LogP contribution >= 0.6 is 0 Å². The monoisotopic (exact) mass is 350 g/mol. The van der Waals surface area contributed by atoms with E-state index < -0.39 is 21.2 Å². The van der Waals surface area contributed by atoms with Crippen molar-refractivity contribution in [3.8, 4) is 0 Å². The highest BCUT2D eigenvalue weighted by atomic mass is 16.6. The number of hydrogen-bond donors (Lipinski definition) is 0. The molecule has 3 aromatic carbocycles. The van der Waals surface area contributed by atoms with Crippen LogP contribution in [0.2, 0.25) is 0 Å². The maximum Gasteiger partial charge on any atom is 0.346 e. The van der Waals surface area contributed by atoms with Crippen LogP contribution < -0.4 is 0 Å². The molecule has 3 aromatic rings. The van der Waals surface area contributed by atoms with E-state index in [4.69, 9.17) is 0 Å². The molecule has 0 saturated heterocycles. The minimum Gasteiger partial charge on any atom is -0.289 e. The van der Waals surface area contributed by atoms with Crippen molar-refractivity contribution in [3.05, 3.63) is 116 Å². The lowest BCUT2D eigenvalue weighted by Crippen LogP contribution is -1.99. The molecule has 0 heterocycles. The molecule has 7 nitrogen and oxygen atoms in total. The van der Waals surface area contributed by atoms with Crippen molar-refractivity contribution in [3.63, 3.8) is 0 Å². The molecule has 0 unspecified atom stereocenters. The Bertz CT molecular complexity index is 837. The second kappa shape index (κ2) is 8.84. The van der Waals surface area contributed by atoms with Crippen LogP contribution in [0.3, 0.4) is 0 Å². The van der Waals surface area contributed by atoms with Gasteiger partial charge in [-0.15, -0.1) is 0 Å². The highest BCUT2D eigenvalue weighted by molar-refractivity contribution is 6.08. The van der Waals surface area contributed by atoms with Crippen LogP contribution in [0.25, 0.3) is 0 Å². The summed E-state index contributed by atoms with van der Waals surface area (Å²) in [6, 6.07) is 23.6. The van der Waals surface area contributed by atoms with Gasteiger partial charge in [-0.25, -0.2) is 0 Å². The number of nitro groups is 2. The first kappa shape index (κ1) is 18.5. The number of ketones is 1. The van der Waals surface area contributed by atoms with E-state index in [1.807, 2.05) is 60.7 Å². The lowest BCUT2D eigenvalue weighted by molar-refractivity contribution is -0.422. The molecule has 3 rings (SSSR count). The van der Waals surface area contributed by atoms with Crippen molar-refractivity contribution in [2.75, 3.05) is 0 Å². The Balaban J connectivity index is 0.000000190. The Hall–Kier alpha value is -3.87. The van der Waals surface area contributed by atoms with Gasteiger partial charge in [-0.3, -0.25) is 25.0 Å². The fraction of sp³-hybridized carbons (Fsp3) is 0. The van der Waals surface area contributed by atoms with Gasteiger partial charge >= 0.3 is 11.4 Å². The van der Waals surface area contributed by atoms with Gasteiger partial charge in [0.25, 0.3) is 0 Å². The number of nitro benzene ring substituents is 2. The van der Waals surface area contributed by atoms with Crippen molar-refractivity contribution < 1.29 is 14.6 Å². The molecule has 0 saturated carbocycles. The van der Waals surface area contributed by atoms with E-state index in [1.54, 1.807) is 0 Å². The molecule has 0 atom stereocenters. The standard InChI is InChI=1S/C13H10O.C6H4N2O4/c14-13(11-7-3-1-4-8-11)12-9-5-2-6-10-12;9-7(10)5-3-1-2-4-6(5)8(11)12/h1-10H;1-4H. The first-order valence-electron chi connectivity index (χ1n) is 7.53. The Morgan fingerprint density at radius 1 is 0.577 bits per heavy atom. The first-order valence-corrected chi connectivity index (χ1v) is 7.53. The van der Waals surface area contributed by atoms with Crippen molar-refractivity contribution >= 4 is 17.2 Å². The van der Waals surface area contributed by atoms with Crippen LogP contribution in [0, 0.1) is 20.2 Å². The first-order chi connectivity index (χ1) is 12.5. The molecule has 0 fully saturated rings.